The molecule has 0 bridgehead atoms. The zero-order valence-corrected chi connectivity index (χ0v) is 25.0. The van der Waals surface area contributed by atoms with Crippen LogP contribution in [0.15, 0.2) is 40.5 Å². The van der Waals surface area contributed by atoms with Gasteiger partial charge in [-0.2, -0.15) is 5.26 Å². The van der Waals surface area contributed by atoms with E-state index in [1.54, 1.807) is 32.0 Å². The van der Waals surface area contributed by atoms with Crippen molar-refractivity contribution in [3.8, 4) is 22.9 Å². The smallest absolute Gasteiger partial charge is 0.338 e. The molecule has 0 radical (unpaired) electrons. The fourth-order valence-electron chi connectivity index (χ4n) is 5.09. The summed E-state index contributed by atoms with van der Waals surface area (Å²) in [7, 11) is 3.06. The number of aromatic nitrogens is 3. The van der Waals surface area contributed by atoms with Gasteiger partial charge in [0.25, 0.3) is 12.0 Å². The third kappa shape index (κ3) is 5.37. The average Bonchev–Trinajstić information content (AvgIpc) is 3.37. The van der Waals surface area contributed by atoms with Crippen molar-refractivity contribution in [1.82, 2.24) is 14.5 Å². The number of carbonyl (C=O) groups is 1. The van der Waals surface area contributed by atoms with Crippen LogP contribution in [0, 0.1) is 25.2 Å². The van der Waals surface area contributed by atoms with Crippen molar-refractivity contribution in [3.05, 3.63) is 79.3 Å². The molecular weight excluding hydrogens is 600 g/mol. The number of hydrogen-bond acceptors (Lipinski definition) is 8. The summed E-state index contributed by atoms with van der Waals surface area (Å²) in [6.07, 6.45) is -2.87. The summed E-state index contributed by atoms with van der Waals surface area (Å²) in [5.74, 6) is -0.369. The molecule has 9 nitrogen and oxygen atoms in total. The van der Waals surface area contributed by atoms with Crippen molar-refractivity contribution in [2.24, 2.45) is 0 Å². The quantitative estimate of drug-likeness (QED) is 0.205. The summed E-state index contributed by atoms with van der Waals surface area (Å²) >= 11 is 7.59. The van der Waals surface area contributed by atoms with Crippen LogP contribution in [-0.2, 0) is 6.54 Å². The molecule has 0 fully saturated rings. The van der Waals surface area contributed by atoms with Crippen LogP contribution < -0.4 is 15.2 Å². The SMILES string of the molecule is Cc1cc(-c2cc(Cl)ccc2OCCn2c(C)nc3cc(C(F)F)c(N(C)C)c(C#N)c3c2=O)c2scc(C(=O)O)c2n1. The highest BCUT2D eigenvalue weighted by atomic mass is 35.5. The van der Waals surface area contributed by atoms with Gasteiger partial charge >= 0.3 is 5.97 Å². The van der Waals surface area contributed by atoms with Crippen LogP contribution in [0.3, 0.4) is 0 Å². The Bertz CT molecular complexity index is 2030. The second-order valence-electron chi connectivity index (χ2n) is 9.94. The van der Waals surface area contributed by atoms with Crippen molar-refractivity contribution in [2.75, 3.05) is 25.6 Å². The maximum Gasteiger partial charge on any atom is 0.338 e. The molecule has 220 valence electrons. The number of nitrogens with zero attached hydrogens (tertiary/aromatic N) is 5. The van der Waals surface area contributed by atoms with Gasteiger partial charge in [0.1, 0.15) is 24.3 Å². The number of hydrogen-bond donors (Lipinski definition) is 1. The number of aryl methyl sites for hydroxylation is 2. The highest BCUT2D eigenvalue weighted by Gasteiger charge is 2.25. The van der Waals surface area contributed by atoms with Gasteiger partial charge in [0, 0.05) is 46.9 Å². The van der Waals surface area contributed by atoms with Crippen LogP contribution >= 0.6 is 22.9 Å². The van der Waals surface area contributed by atoms with E-state index in [9.17, 15) is 28.7 Å². The molecule has 5 aromatic rings. The van der Waals surface area contributed by atoms with Gasteiger partial charge in [-0.1, -0.05) is 11.6 Å². The van der Waals surface area contributed by atoms with Gasteiger partial charge in [-0.05, 0) is 44.2 Å². The minimum absolute atomic E-state index is 0.0120. The Morgan fingerprint density at radius 1 is 1.21 bits per heavy atom. The third-order valence-electron chi connectivity index (χ3n) is 6.92. The Hall–Kier alpha value is -4.60. The number of nitriles is 1. The first-order valence-corrected chi connectivity index (χ1v) is 14.2. The first-order valence-electron chi connectivity index (χ1n) is 12.9. The van der Waals surface area contributed by atoms with E-state index in [1.165, 1.54) is 40.3 Å². The Kier molecular flexibility index (Phi) is 8.05. The average molecular weight is 624 g/mol. The van der Waals surface area contributed by atoms with Gasteiger partial charge in [0.2, 0.25) is 0 Å². The third-order valence-corrected chi connectivity index (χ3v) is 8.16. The molecule has 0 aliphatic rings. The topological polar surface area (TPSA) is 121 Å². The highest BCUT2D eigenvalue weighted by molar-refractivity contribution is 7.18. The van der Waals surface area contributed by atoms with Gasteiger partial charge in [-0.25, -0.2) is 18.6 Å². The van der Waals surface area contributed by atoms with Crippen molar-refractivity contribution in [1.29, 1.82) is 5.26 Å². The molecule has 0 aliphatic carbocycles. The number of alkyl halides is 2. The lowest BCUT2D eigenvalue weighted by atomic mass is 10.0. The number of carboxylic acid groups (broad SMARTS) is 1. The van der Waals surface area contributed by atoms with Crippen molar-refractivity contribution in [2.45, 2.75) is 26.8 Å². The number of rotatable bonds is 8. The number of aromatic carboxylic acids is 1. The molecule has 3 aromatic heterocycles. The number of anilines is 1. The van der Waals surface area contributed by atoms with Crippen LogP contribution in [0.4, 0.5) is 14.5 Å². The van der Waals surface area contributed by atoms with E-state index in [2.05, 4.69) is 9.97 Å². The summed E-state index contributed by atoms with van der Waals surface area (Å²) in [5, 5.41) is 21.4. The molecule has 5 rings (SSSR count). The second-order valence-corrected chi connectivity index (χ2v) is 11.3. The van der Waals surface area contributed by atoms with Gasteiger partial charge in [0.15, 0.2) is 0 Å². The van der Waals surface area contributed by atoms with Crippen molar-refractivity contribution >= 4 is 55.7 Å². The minimum atomic E-state index is -2.87. The fraction of sp³-hybridized carbons (Fsp3) is 0.233. The molecule has 0 amide bonds. The van der Waals surface area contributed by atoms with Crippen LogP contribution in [-0.4, -0.2) is 46.3 Å². The number of ether oxygens (including phenoxy) is 1. The number of pyridine rings is 1. The standard InChI is InChI=1S/C30H24ClF2N5O4S/c1-14-9-18(27-25(35-14)21(13-43-27)30(40)41)17-10-16(31)5-6-23(17)42-8-7-38-15(2)36-22-11-19(28(32)33)26(37(3)4)20(12-34)24(22)29(38)39/h5-6,9-11,13,28H,7-8H2,1-4H3,(H,40,41). The van der Waals surface area contributed by atoms with Crippen LogP contribution in [0.2, 0.25) is 5.02 Å². The summed E-state index contributed by atoms with van der Waals surface area (Å²) in [5.41, 5.74) is 1.29. The fourth-order valence-corrected chi connectivity index (χ4v) is 6.28. The molecule has 3 heterocycles. The summed E-state index contributed by atoms with van der Waals surface area (Å²) in [6.45, 7) is 3.40. The Morgan fingerprint density at radius 2 is 1.95 bits per heavy atom. The maximum atomic E-state index is 13.9. The normalized spacial score (nSPS) is 11.3. The van der Waals surface area contributed by atoms with Crippen LogP contribution in [0.25, 0.3) is 32.2 Å². The zero-order chi connectivity index (χ0) is 31.2. The predicted octanol–water partition coefficient (Wildman–Crippen LogP) is 6.60. The second kappa shape index (κ2) is 11.6. The lowest BCUT2D eigenvalue weighted by Gasteiger charge is -2.21. The summed E-state index contributed by atoms with van der Waals surface area (Å²) < 4.78 is 35.9. The van der Waals surface area contributed by atoms with Gasteiger partial charge < -0.3 is 14.7 Å². The number of carboxylic acids is 1. The number of thiophene rings is 1. The van der Waals surface area contributed by atoms with E-state index in [1.807, 2.05) is 12.1 Å². The molecule has 0 spiro atoms. The molecule has 0 atom stereocenters. The van der Waals surface area contributed by atoms with Gasteiger partial charge in [-0.3, -0.25) is 14.3 Å². The largest absolute Gasteiger partial charge is 0.491 e. The van der Waals surface area contributed by atoms with E-state index in [4.69, 9.17) is 16.3 Å². The minimum Gasteiger partial charge on any atom is -0.491 e. The lowest BCUT2D eigenvalue weighted by molar-refractivity contribution is 0.0699. The Morgan fingerprint density at radius 3 is 2.60 bits per heavy atom. The monoisotopic (exact) mass is 623 g/mol. The van der Waals surface area contributed by atoms with E-state index in [0.717, 1.165) is 6.07 Å². The first kappa shape index (κ1) is 29.9. The summed E-state index contributed by atoms with van der Waals surface area (Å²) in [6, 6.07) is 9.96. The van der Waals surface area contributed by atoms with Gasteiger partial charge in [-0.15, -0.1) is 11.3 Å². The molecule has 1 N–H and O–H groups in total. The molecule has 0 aliphatic heterocycles. The highest BCUT2D eigenvalue weighted by Crippen LogP contribution is 2.40. The number of fused-ring (bicyclic) bond motifs is 2. The zero-order valence-electron chi connectivity index (χ0n) is 23.4. The summed E-state index contributed by atoms with van der Waals surface area (Å²) in [4.78, 5) is 35.6. The molecule has 0 saturated heterocycles. The number of halogens is 3. The molecule has 0 saturated carbocycles. The Labute approximate surface area is 253 Å². The molecule has 13 heteroatoms. The van der Waals surface area contributed by atoms with Crippen molar-refractivity contribution < 1.29 is 23.4 Å². The van der Waals surface area contributed by atoms with E-state index in [0.29, 0.717) is 37.8 Å². The van der Waals surface area contributed by atoms with Crippen LogP contribution in [0.1, 0.15) is 39.4 Å². The molecular formula is C30H24ClF2N5O4S. The Balaban J connectivity index is 1.54. The van der Waals surface area contributed by atoms with Crippen LogP contribution in [0.5, 0.6) is 5.75 Å². The first-order chi connectivity index (χ1) is 20.4. The lowest BCUT2D eigenvalue weighted by Crippen LogP contribution is -2.28. The molecule has 43 heavy (non-hydrogen) atoms. The van der Waals surface area contributed by atoms with E-state index >= 15 is 0 Å². The van der Waals surface area contributed by atoms with Gasteiger partial charge in [0.05, 0.1) is 44.5 Å². The predicted molar refractivity (Wildman–Crippen MR) is 162 cm³/mol. The maximum absolute atomic E-state index is 13.9. The number of benzene rings is 2. The van der Waals surface area contributed by atoms with E-state index in [-0.39, 0.29) is 52.3 Å². The van der Waals surface area contributed by atoms with Crippen molar-refractivity contribution in [3.63, 3.8) is 0 Å². The molecule has 2 aromatic carbocycles. The van der Waals surface area contributed by atoms with E-state index < -0.39 is 18.0 Å². The molecule has 0 unspecified atom stereocenters.